The zero-order chi connectivity index (χ0) is 38.4. The zero-order valence-electron chi connectivity index (χ0n) is 29.6. The first-order chi connectivity index (χ1) is 25.3. The summed E-state index contributed by atoms with van der Waals surface area (Å²) in [7, 11) is -3.83. The number of carbonyl (C=O) groups excluding carboxylic acids is 4. The summed E-state index contributed by atoms with van der Waals surface area (Å²) >= 11 is 12.0. The molecule has 1 heterocycles. The van der Waals surface area contributed by atoms with Crippen LogP contribution in [0.25, 0.3) is 0 Å². The number of ketones is 1. The predicted molar refractivity (Wildman–Crippen MR) is 205 cm³/mol. The molecule has 53 heavy (non-hydrogen) atoms. The van der Waals surface area contributed by atoms with Crippen LogP contribution < -0.4 is 21.1 Å². The number of likely N-dealkylation sites (tertiary alicyclic amines) is 1. The van der Waals surface area contributed by atoms with E-state index in [2.05, 4.69) is 15.4 Å². The van der Waals surface area contributed by atoms with Crippen molar-refractivity contribution in [2.45, 2.75) is 75.8 Å². The van der Waals surface area contributed by atoms with Gasteiger partial charge in [0.1, 0.15) is 12.1 Å². The number of nitrogens with zero attached hydrogens (tertiary/aromatic N) is 1. The number of nitrogens with one attached hydrogen (secondary N) is 3. The molecule has 1 fully saturated rings. The molecule has 1 saturated heterocycles. The zero-order valence-corrected chi connectivity index (χ0v) is 32.0. The number of rotatable bonds is 20. The second kappa shape index (κ2) is 20.6. The van der Waals surface area contributed by atoms with E-state index >= 15 is 0 Å². The van der Waals surface area contributed by atoms with Gasteiger partial charge in [0.05, 0.1) is 25.0 Å². The Morgan fingerprint density at radius 1 is 0.849 bits per heavy atom. The van der Waals surface area contributed by atoms with Crippen LogP contribution in [0.1, 0.15) is 48.8 Å². The predicted octanol–water partition coefficient (Wildman–Crippen LogP) is 3.57. The third-order valence-electron chi connectivity index (χ3n) is 8.88. The van der Waals surface area contributed by atoms with Crippen molar-refractivity contribution < 1.29 is 32.3 Å². The maximum atomic E-state index is 14.2. The van der Waals surface area contributed by atoms with Gasteiger partial charge < -0.3 is 26.0 Å². The Balaban J connectivity index is 1.52. The van der Waals surface area contributed by atoms with Crippen molar-refractivity contribution in [2.75, 3.05) is 25.9 Å². The highest BCUT2D eigenvalue weighted by molar-refractivity contribution is 7.88. The maximum absolute atomic E-state index is 14.2. The lowest BCUT2D eigenvalue weighted by molar-refractivity contribution is -0.142. The van der Waals surface area contributed by atoms with Gasteiger partial charge in [-0.3, -0.25) is 19.2 Å². The van der Waals surface area contributed by atoms with Gasteiger partial charge in [-0.2, -0.15) is 0 Å². The van der Waals surface area contributed by atoms with Crippen molar-refractivity contribution in [3.63, 3.8) is 0 Å². The average Bonchev–Trinajstić information content (AvgIpc) is 3.57. The first kappa shape index (κ1) is 41.9. The number of hydrogen-bond acceptors (Lipinski definition) is 8. The van der Waals surface area contributed by atoms with E-state index in [9.17, 15) is 27.6 Å². The van der Waals surface area contributed by atoms with E-state index in [4.69, 9.17) is 33.7 Å². The Morgan fingerprint density at radius 3 is 2.09 bits per heavy atom. The first-order valence-electron chi connectivity index (χ1n) is 17.6. The molecule has 1 aliphatic rings. The van der Waals surface area contributed by atoms with Gasteiger partial charge in [-0.25, -0.2) is 13.1 Å². The summed E-state index contributed by atoms with van der Waals surface area (Å²) in [6.07, 6.45) is 2.62. The average molecular weight is 789 g/mol. The fourth-order valence-corrected chi connectivity index (χ4v) is 7.09. The second-order valence-corrected chi connectivity index (χ2v) is 15.8. The minimum atomic E-state index is -3.83. The van der Waals surface area contributed by atoms with Crippen LogP contribution in [0.5, 0.6) is 0 Å². The topological polar surface area (TPSA) is 177 Å². The fourth-order valence-electron chi connectivity index (χ4n) is 6.10. The summed E-state index contributed by atoms with van der Waals surface area (Å²) in [5.41, 5.74) is 8.34. The van der Waals surface area contributed by atoms with Gasteiger partial charge >= 0.3 is 0 Å². The fraction of sp³-hybridized carbons (Fsp3) is 0.421. The van der Waals surface area contributed by atoms with Crippen LogP contribution in [0, 0.1) is 0 Å². The molecule has 286 valence electrons. The summed E-state index contributed by atoms with van der Waals surface area (Å²) in [6.45, 7) is 0.713. The molecule has 0 spiro atoms. The van der Waals surface area contributed by atoms with Crippen LogP contribution >= 0.6 is 23.2 Å². The minimum absolute atomic E-state index is 0.00520. The third kappa shape index (κ3) is 13.8. The molecule has 4 atom stereocenters. The molecule has 0 radical (unpaired) electrons. The molecule has 0 aliphatic carbocycles. The highest BCUT2D eigenvalue weighted by Crippen LogP contribution is 2.25. The molecule has 0 bridgehead atoms. The molecule has 3 amide bonds. The van der Waals surface area contributed by atoms with E-state index in [0.717, 1.165) is 22.9 Å². The number of ether oxygens (including phenoxy) is 1. The number of sulfonamides is 1. The van der Waals surface area contributed by atoms with Crippen LogP contribution in [0.2, 0.25) is 10.0 Å². The normalized spacial score (nSPS) is 16.9. The highest BCUT2D eigenvalue weighted by atomic mass is 35.5. The van der Waals surface area contributed by atoms with Gasteiger partial charge in [-0.05, 0) is 86.0 Å². The molecule has 0 aromatic heterocycles. The number of carbonyl (C=O) groups is 4. The summed E-state index contributed by atoms with van der Waals surface area (Å²) < 4.78 is 33.5. The summed E-state index contributed by atoms with van der Waals surface area (Å²) in [6, 6.07) is 20.0. The van der Waals surface area contributed by atoms with Crippen LogP contribution in [-0.4, -0.2) is 86.9 Å². The molecule has 0 saturated carbocycles. The molecule has 5 N–H and O–H groups in total. The number of hydrogen-bond donors (Lipinski definition) is 4. The smallest absolute Gasteiger partial charge is 0.289 e. The lowest BCUT2D eigenvalue weighted by Gasteiger charge is -2.29. The molecular weight excluding hydrogens is 741 g/mol. The molecule has 3 aromatic rings. The second-order valence-electron chi connectivity index (χ2n) is 13.1. The maximum Gasteiger partial charge on any atom is 0.289 e. The molecule has 1 aliphatic heterocycles. The Hall–Kier alpha value is -3.85. The van der Waals surface area contributed by atoms with Gasteiger partial charge in [0.25, 0.3) is 5.91 Å². The number of nitrogens with two attached hydrogens (primary N) is 1. The first-order valence-corrected chi connectivity index (χ1v) is 20.2. The molecule has 0 unspecified atom stereocenters. The van der Waals surface area contributed by atoms with E-state index in [1.807, 2.05) is 42.5 Å². The highest BCUT2D eigenvalue weighted by Gasteiger charge is 2.43. The van der Waals surface area contributed by atoms with Crippen LogP contribution in [-0.2, 0) is 53.4 Å². The number of amides is 3. The molecular formula is C38H47Cl2N5O7S. The lowest BCUT2D eigenvalue weighted by Crippen LogP contribution is -2.56. The summed E-state index contributed by atoms with van der Waals surface area (Å²) in [4.78, 5) is 56.1. The van der Waals surface area contributed by atoms with Crippen molar-refractivity contribution >= 4 is 56.7 Å². The van der Waals surface area contributed by atoms with Crippen molar-refractivity contribution in [3.05, 3.63) is 106 Å². The quantitative estimate of drug-likeness (QED) is 0.0993. The van der Waals surface area contributed by atoms with Gasteiger partial charge in [-0.1, -0.05) is 77.8 Å². The van der Waals surface area contributed by atoms with Crippen LogP contribution in [0.15, 0.2) is 78.9 Å². The standard InChI is InChI=1S/C38H47Cl2N5O7S/c1-53(50,51)44-33(19-14-26-7-3-2-4-8-26)38(49)45-24-31(52-25-28-12-17-30(40)18-13-28)23-34(45)36(47)43-32(9-5-6-21-41)35(46)37(48)42-22-20-27-10-15-29(39)16-11-27/h2-4,7-8,10-13,15-18,31-34,44H,5-6,9,14,19-25,41H2,1H3,(H,42,48)(H,43,47)/t31-,32+,33-,34+/m1/s1. The number of aryl methyl sites for hydroxylation is 1. The molecule has 3 aromatic carbocycles. The van der Waals surface area contributed by atoms with E-state index in [1.54, 1.807) is 36.4 Å². The molecule has 4 rings (SSSR count). The third-order valence-corrected chi connectivity index (χ3v) is 10.1. The van der Waals surface area contributed by atoms with E-state index in [1.165, 1.54) is 4.90 Å². The van der Waals surface area contributed by atoms with Gasteiger partial charge in [0, 0.05) is 29.6 Å². The van der Waals surface area contributed by atoms with Gasteiger partial charge in [0.2, 0.25) is 27.6 Å². The van der Waals surface area contributed by atoms with Crippen molar-refractivity contribution in [2.24, 2.45) is 5.73 Å². The van der Waals surface area contributed by atoms with Crippen molar-refractivity contribution in [3.8, 4) is 0 Å². The van der Waals surface area contributed by atoms with E-state index in [0.29, 0.717) is 42.3 Å². The Kier molecular flexibility index (Phi) is 16.3. The minimum Gasteiger partial charge on any atom is -0.372 e. The SMILES string of the molecule is CS(=O)(=O)N[C@H](CCc1ccccc1)C(=O)N1C[C@H](OCc2ccc(Cl)cc2)C[C@H]1C(=O)N[C@@H](CCCCN)C(=O)C(=O)NCCc1ccc(Cl)cc1. The molecule has 12 nitrogen and oxygen atoms in total. The van der Waals surface area contributed by atoms with Gasteiger partial charge in [-0.15, -0.1) is 0 Å². The molecule has 15 heteroatoms. The summed E-state index contributed by atoms with van der Waals surface area (Å²) in [5, 5.41) is 6.52. The van der Waals surface area contributed by atoms with Gasteiger partial charge in [0.15, 0.2) is 0 Å². The van der Waals surface area contributed by atoms with Crippen molar-refractivity contribution in [1.29, 1.82) is 0 Å². The van der Waals surface area contributed by atoms with E-state index in [-0.39, 0.29) is 39.0 Å². The Labute approximate surface area is 321 Å². The number of halogens is 2. The number of unbranched alkanes of at least 4 members (excludes halogenated alkanes) is 1. The monoisotopic (exact) mass is 787 g/mol. The largest absolute Gasteiger partial charge is 0.372 e. The number of Topliss-reactive ketones (excluding diaryl/α,β-unsaturated/α-hetero) is 1. The summed E-state index contributed by atoms with van der Waals surface area (Å²) in [5.74, 6) is -2.93. The van der Waals surface area contributed by atoms with Crippen LogP contribution in [0.3, 0.4) is 0 Å². The van der Waals surface area contributed by atoms with Crippen molar-refractivity contribution in [1.82, 2.24) is 20.3 Å². The Bertz CT molecular complexity index is 1780. The number of benzene rings is 3. The van der Waals surface area contributed by atoms with Crippen LogP contribution in [0.4, 0.5) is 0 Å². The lowest BCUT2D eigenvalue weighted by atomic mass is 10.0. The Morgan fingerprint density at radius 2 is 1.47 bits per heavy atom. The van der Waals surface area contributed by atoms with E-state index < -0.39 is 57.8 Å².